The zero-order valence-corrected chi connectivity index (χ0v) is 22.4. The molecule has 0 atom stereocenters. The Balaban J connectivity index is 0.00000363. The van der Waals surface area contributed by atoms with E-state index in [2.05, 4.69) is 65.3 Å². The zero-order chi connectivity index (χ0) is 22.1. The minimum Gasteiger partial charge on any atom is -0.382 e. The number of nitrogens with zero attached hydrogens (tertiary/aromatic N) is 3. The predicted molar refractivity (Wildman–Crippen MR) is 143 cm³/mol. The second-order valence-corrected chi connectivity index (χ2v) is 8.73. The quantitative estimate of drug-likeness (QED) is 0.192. The first-order chi connectivity index (χ1) is 15.1. The van der Waals surface area contributed by atoms with Gasteiger partial charge in [-0.05, 0) is 51.0 Å². The largest absolute Gasteiger partial charge is 0.382 e. The van der Waals surface area contributed by atoms with Gasteiger partial charge in [0, 0.05) is 44.6 Å². The van der Waals surface area contributed by atoms with E-state index in [1.54, 1.807) is 0 Å². The van der Waals surface area contributed by atoms with Crippen LogP contribution in [0.1, 0.15) is 61.5 Å². The van der Waals surface area contributed by atoms with Gasteiger partial charge in [0.2, 0.25) is 0 Å². The third-order valence-electron chi connectivity index (χ3n) is 6.64. The molecule has 0 bridgehead atoms. The van der Waals surface area contributed by atoms with Gasteiger partial charge >= 0.3 is 0 Å². The number of aliphatic imine (C=N–C) groups is 1. The summed E-state index contributed by atoms with van der Waals surface area (Å²) < 4.78 is 7.74. The molecule has 2 N–H and O–H groups in total. The van der Waals surface area contributed by atoms with Crippen LogP contribution in [0.25, 0.3) is 0 Å². The maximum absolute atomic E-state index is 5.65. The van der Waals surface area contributed by atoms with Crippen LogP contribution in [0.2, 0.25) is 0 Å². The first-order valence-corrected chi connectivity index (χ1v) is 11.7. The summed E-state index contributed by atoms with van der Waals surface area (Å²) in [6.07, 6.45) is 6.30. The average molecular weight is 554 g/mol. The number of nitrogens with one attached hydrogen (secondary N) is 2. The van der Waals surface area contributed by atoms with Crippen LogP contribution < -0.4 is 10.6 Å². The van der Waals surface area contributed by atoms with Gasteiger partial charge in [-0.25, -0.2) is 0 Å². The standard InChI is InChI=1S/C25H39N5O.HI/c1-5-31-16-15-25(13-9-10-14-25)19-28-24(26-4)27-17-23-20(2)29-30(21(23)3)18-22-11-7-6-8-12-22;/h6-8,11-12H,5,9-10,13-19H2,1-4H3,(H2,26,27,28);1H. The lowest BCUT2D eigenvalue weighted by Crippen LogP contribution is -2.43. The molecular formula is C25H40IN5O. The van der Waals surface area contributed by atoms with Crippen LogP contribution in [0.4, 0.5) is 0 Å². The second kappa shape index (κ2) is 13.2. The summed E-state index contributed by atoms with van der Waals surface area (Å²) in [6, 6.07) is 10.5. The van der Waals surface area contributed by atoms with Crippen molar-refractivity contribution in [1.82, 2.24) is 20.4 Å². The molecule has 1 aliphatic rings. The van der Waals surface area contributed by atoms with Crippen molar-refractivity contribution in [3.8, 4) is 0 Å². The molecular weight excluding hydrogens is 513 g/mol. The van der Waals surface area contributed by atoms with E-state index in [-0.39, 0.29) is 24.0 Å². The molecule has 7 heteroatoms. The Labute approximate surface area is 210 Å². The molecule has 0 saturated heterocycles. The Bertz CT molecular complexity index is 844. The summed E-state index contributed by atoms with van der Waals surface area (Å²) in [5.41, 5.74) is 5.11. The summed E-state index contributed by atoms with van der Waals surface area (Å²) in [6.45, 7) is 10.4. The van der Waals surface area contributed by atoms with Gasteiger partial charge in [-0.1, -0.05) is 43.2 Å². The van der Waals surface area contributed by atoms with E-state index in [1.807, 2.05) is 13.1 Å². The average Bonchev–Trinajstić information content (AvgIpc) is 3.35. The molecule has 0 amide bonds. The van der Waals surface area contributed by atoms with Gasteiger partial charge in [0.25, 0.3) is 0 Å². The Hall–Kier alpha value is -1.61. The smallest absolute Gasteiger partial charge is 0.191 e. The summed E-state index contributed by atoms with van der Waals surface area (Å²) in [7, 11) is 1.84. The molecule has 1 fully saturated rings. The molecule has 178 valence electrons. The van der Waals surface area contributed by atoms with Crippen LogP contribution in [0, 0.1) is 19.3 Å². The van der Waals surface area contributed by atoms with E-state index in [0.717, 1.165) is 50.9 Å². The SMILES string of the molecule is CCOCCC1(CNC(=NC)NCc2c(C)nn(Cc3ccccc3)c2C)CCCC1.I. The van der Waals surface area contributed by atoms with E-state index in [4.69, 9.17) is 9.84 Å². The number of hydrogen-bond donors (Lipinski definition) is 2. The van der Waals surface area contributed by atoms with Crippen molar-refractivity contribution in [1.29, 1.82) is 0 Å². The predicted octanol–water partition coefficient (Wildman–Crippen LogP) is 4.82. The van der Waals surface area contributed by atoms with Crippen LogP contribution in [0.3, 0.4) is 0 Å². The van der Waals surface area contributed by atoms with Crippen molar-refractivity contribution in [2.24, 2.45) is 10.4 Å². The van der Waals surface area contributed by atoms with Crippen molar-refractivity contribution in [3.05, 3.63) is 52.8 Å². The summed E-state index contributed by atoms with van der Waals surface area (Å²) in [4.78, 5) is 4.46. The number of rotatable bonds is 10. The highest BCUT2D eigenvalue weighted by molar-refractivity contribution is 14.0. The monoisotopic (exact) mass is 553 g/mol. The highest BCUT2D eigenvalue weighted by atomic mass is 127. The topological polar surface area (TPSA) is 63.5 Å². The van der Waals surface area contributed by atoms with E-state index in [9.17, 15) is 0 Å². The lowest BCUT2D eigenvalue weighted by Gasteiger charge is -2.30. The lowest BCUT2D eigenvalue weighted by molar-refractivity contribution is 0.105. The Morgan fingerprint density at radius 1 is 1.16 bits per heavy atom. The van der Waals surface area contributed by atoms with Gasteiger partial charge in [-0.15, -0.1) is 24.0 Å². The molecule has 32 heavy (non-hydrogen) atoms. The van der Waals surface area contributed by atoms with Crippen molar-refractivity contribution < 1.29 is 4.74 Å². The number of aromatic nitrogens is 2. The molecule has 3 rings (SSSR count). The fourth-order valence-corrected chi connectivity index (χ4v) is 4.64. The van der Waals surface area contributed by atoms with Crippen molar-refractivity contribution in [2.45, 2.75) is 66.0 Å². The van der Waals surface area contributed by atoms with E-state index >= 15 is 0 Å². The van der Waals surface area contributed by atoms with Crippen LogP contribution in [-0.2, 0) is 17.8 Å². The van der Waals surface area contributed by atoms with Gasteiger partial charge < -0.3 is 15.4 Å². The Morgan fingerprint density at radius 2 is 1.88 bits per heavy atom. The Morgan fingerprint density at radius 3 is 2.53 bits per heavy atom. The number of halogens is 1. The number of guanidine groups is 1. The molecule has 0 aliphatic heterocycles. The van der Waals surface area contributed by atoms with E-state index < -0.39 is 0 Å². The van der Waals surface area contributed by atoms with Gasteiger partial charge in [0.15, 0.2) is 5.96 Å². The van der Waals surface area contributed by atoms with Crippen LogP contribution in [0.5, 0.6) is 0 Å². The number of hydrogen-bond acceptors (Lipinski definition) is 3. The molecule has 1 aromatic heterocycles. The lowest BCUT2D eigenvalue weighted by atomic mass is 9.83. The maximum atomic E-state index is 5.65. The van der Waals surface area contributed by atoms with Crippen LogP contribution in [-0.4, -0.2) is 42.5 Å². The van der Waals surface area contributed by atoms with Crippen LogP contribution >= 0.6 is 24.0 Å². The number of aryl methyl sites for hydroxylation is 1. The fourth-order valence-electron chi connectivity index (χ4n) is 4.64. The molecule has 6 nitrogen and oxygen atoms in total. The highest BCUT2D eigenvalue weighted by Gasteiger charge is 2.33. The fraction of sp³-hybridized carbons (Fsp3) is 0.600. The molecule has 0 radical (unpaired) electrons. The minimum atomic E-state index is 0. The van der Waals surface area contributed by atoms with Gasteiger partial charge in [0.05, 0.1) is 12.2 Å². The summed E-state index contributed by atoms with van der Waals surface area (Å²) >= 11 is 0. The van der Waals surface area contributed by atoms with Gasteiger partial charge in [-0.3, -0.25) is 9.67 Å². The third kappa shape index (κ3) is 7.20. The minimum absolute atomic E-state index is 0. The molecule has 0 unspecified atom stereocenters. The number of benzene rings is 1. The maximum Gasteiger partial charge on any atom is 0.191 e. The normalized spacial score (nSPS) is 15.4. The van der Waals surface area contributed by atoms with E-state index in [1.165, 1.54) is 42.5 Å². The molecule has 1 heterocycles. The summed E-state index contributed by atoms with van der Waals surface area (Å²) in [5.74, 6) is 0.859. The highest BCUT2D eigenvalue weighted by Crippen LogP contribution is 2.40. The number of ether oxygens (including phenoxy) is 1. The molecule has 1 saturated carbocycles. The second-order valence-electron chi connectivity index (χ2n) is 8.73. The third-order valence-corrected chi connectivity index (χ3v) is 6.64. The Kier molecular flexibility index (Phi) is 11.0. The first-order valence-electron chi connectivity index (χ1n) is 11.7. The van der Waals surface area contributed by atoms with Crippen LogP contribution in [0.15, 0.2) is 35.3 Å². The van der Waals surface area contributed by atoms with Crippen molar-refractivity contribution >= 4 is 29.9 Å². The first kappa shape index (κ1) is 26.6. The molecule has 2 aromatic rings. The van der Waals surface area contributed by atoms with E-state index in [0.29, 0.717) is 5.41 Å². The molecule has 0 spiro atoms. The van der Waals surface area contributed by atoms with Crippen molar-refractivity contribution in [2.75, 3.05) is 26.8 Å². The van der Waals surface area contributed by atoms with Gasteiger partial charge in [0.1, 0.15) is 0 Å². The summed E-state index contributed by atoms with van der Waals surface area (Å²) in [5, 5.41) is 11.9. The molecule has 1 aliphatic carbocycles. The zero-order valence-electron chi connectivity index (χ0n) is 20.1. The molecule has 1 aromatic carbocycles. The van der Waals surface area contributed by atoms with Gasteiger partial charge in [-0.2, -0.15) is 5.10 Å². The van der Waals surface area contributed by atoms with Crippen molar-refractivity contribution in [3.63, 3.8) is 0 Å².